The summed E-state index contributed by atoms with van der Waals surface area (Å²) in [5.74, 6) is -1.48. The van der Waals surface area contributed by atoms with Crippen LogP contribution in [0.3, 0.4) is 0 Å². The van der Waals surface area contributed by atoms with E-state index in [-0.39, 0.29) is 46.8 Å². The maximum absolute atomic E-state index is 12.3. The molecule has 25 heavy (non-hydrogen) atoms. The topological polar surface area (TPSA) is 115 Å². The van der Waals surface area contributed by atoms with E-state index in [9.17, 15) is 19.2 Å². The van der Waals surface area contributed by atoms with Crippen LogP contribution in [0, 0.1) is 17.8 Å². The lowest BCUT2D eigenvalue weighted by atomic mass is 9.81. The quantitative estimate of drug-likeness (QED) is 0.867. The Kier molecular flexibility index (Phi) is 4.36. The summed E-state index contributed by atoms with van der Waals surface area (Å²) in [5.41, 5.74) is 0.217. The van der Waals surface area contributed by atoms with Crippen molar-refractivity contribution in [3.63, 3.8) is 0 Å². The Morgan fingerprint density at radius 1 is 1.16 bits per heavy atom. The van der Waals surface area contributed by atoms with Gasteiger partial charge in [-0.3, -0.25) is 14.4 Å². The molecule has 8 nitrogen and oxygen atoms in total. The molecular formula is C17H20N4O4. The van der Waals surface area contributed by atoms with Gasteiger partial charge in [-0.15, -0.1) is 0 Å². The number of hydrogen-bond donors (Lipinski definition) is 1. The van der Waals surface area contributed by atoms with E-state index in [1.165, 1.54) is 33.4 Å². The van der Waals surface area contributed by atoms with E-state index in [0.29, 0.717) is 12.1 Å². The van der Waals surface area contributed by atoms with Crippen molar-refractivity contribution in [3.8, 4) is 0 Å². The van der Waals surface area contributed by atoms with Crippen molar-refractivity contribution in [1.29, 1.82) is 0 Å². The number of nitrogens with zero attached hydrogens (tertiary/aromatic N) is 3. The van der Waals surface area contributed by atoms with Crippen LogP contribution in [-0.2, 0) is 14.4 Å². The van der Waals surface area contributed by atoms with Crippen LogP contribution in [0.5, 0.6) is 0 Å². The molecule has 8 heteroatoms. The molecule has 2 heterocycles. The Balaban J connectivity index is 2.11. The molecule has 0 unspecified atom stereocenters. The molecule has 4 atom stereocenters. The summed E-state index contributed by atoms with van der Waals surface area (Å²) in [7, 11) is 0. The second-order valence-electron chi connectivity index (χ2n) is 6.80. The summed E-state index contributed by atoms with van der Waals surface area (Å²) in [5, 5.41) is 0. The number of Topliss-reactive ketones (excluding diaryl/α,β-unsaturated/α-hetero) is 3. The normalized spacial score (nSPS) is 26.0. The standard InChI is InChI=1S/C17H20N4O4/c1-8(22)4-11-5-12(14(10(3)24)13(11)9(2)23)21-7-20-15-16(21)18-6-19-17(15)25/h6-7,11-14H,4-5H2,1-3H3,(H,18,19,25)/t11-,12-,13-,14+/m1/s1. The molecule has 2 aromatic heterocycles. The summed E-state index contributed by atoms with van der Waals surface area (Å²) >= 11 is 0. The number of aromatic nitrogens is 4. The van der Waals surface area contributed by atoms with E-state index in [1.807, 2.05) is 0 Å². The number of imidazole rings is 1. The van der Waals surface area contributed by atoms with Crippen LogP contribution in [0.25, 0.3) is 11.2 Å². The fourth-order valence-corrected chi connectivity index (χ4v) is 4.22. The Labute approximate surface area is 143 Å². The van der Waals surface area contributed by atoms with Gasteiger partial charge < -0.3 is 14.3 Å². The van der Waals surface area contributed by atoms with Crippen molar-refractivity contribution in [2.24, 2.45) is 17.8 Å². The van der Waals surface area contributed by atoms with Crippen molar-refractivity contribution in [2.45, 2.75) is 39.7 Å². The van der Waals surface area contributed by atoms with Gasteiger partial charge in [-0.2, -0.15) is 0 Å². The van der Waals surface area contributed by atoms with Crippen LogP contribution >= 0.6 is 0 Å². The highest BCUT2D eigenvalue weighted by Gasteiger charge is 2.49. The van der Waals surface area contributed by atoms with Crippen LogP contribution in [0.15, 0.2) is 17.4 Å². The monoisotopic (exact) mass is 344 g/mol. The first-order chi connectivity index (χ1) is 11.8. The van der Waals surface area contributed by atoms with Crippen molar-refractivity contribution < 1.29 is 14.4 Å². The Hall–Kier alpha value is -2.64. The van der Waals surface area contributed by atoms with E-state index in [1.54, 1.807) is 4.57 Å². The number of hydrogen-bond acceptors (Lipinski definition) is 6. The minimum atomic E-state index is -0.555. The first-order valence-electron chi connectivity index (χ1n) is 8.21. The van der Waals surface area contributed by atoms with Crippen LogP contribution in [0.4, 0.5) is 0 Å². The number of fused-ring (bicyclic) bond motifs is 1. The number of nitrogens with one attached hydrogen (secondary N) is 1. The smallest absolute Gasteiger partial charge is 0.278 e. The van der Waals surface area contributed by atoms with E-state index in [4.69, 9.17) is 0 Å². The lowest BCUT2D eigenvalue weighted by Gasteiger charge is -2.23. The van der Waals surface area contributed by atoms with Gasteiger partial charge in [0.05, 0.1) is 12.7 Å². The fourth-order valence-electron chi connectivity index (χ4n) is 4.22. The number of rotatable bonds is 5. The van der Waals surface area contributed by atoms with Gasteiger partial charge in [0, 0.05) is 24.3 Å². The highest BCUT2D eigenvalue weighted by molar-refractivity contribution is 5.89. The molecule has 0 aliphatic heterocycles. The number of ketones is 3. The zero-order valence-electron chi connectivity index (χ0n) is 14.4. The fraction of sp³-hybridized carbons (Fsp3) is 0.529. The number of aromatic amines is 1. The Morgan fingerprint density at radius 3 is 2.44 bits per heavy atom. The maximum atomic E-state index is 12.3. The molecule has 1 saturated carbocycles. The van der Waals surface area contributed by atoms with Crippen LogP contribution in [0.2, 0.25) is 0 Å². The third-order valence-corrected chi connectivity index (χ3v) is 5.06. The number of carbonyl (C=O) groups excluding carboxylic acids is 3. The molecule has 0 amide bonds. The molecule has 0 saturated heterocycles. The van der Waals surface area contributed by atoms with Gasteiger partial charge in [0.15, 0.2) is 11.2 Å². The van der Waals surface area contributed by atoms with Crippen molar-refractivity contribution in [3.05, 3.63) is 23.0 Å². The molecule has 0 bridgehead atoms. The molecule has 3 rings (SSSR count). The second-order valence-corrected chi connectivity index (χ2v) is 6.80. The molecule has 2 aromatic rings. The summed E-state index contributed by atoms with van der Waals surface area (Å²) in [4.78, 5) is 58.8. The summed E-state index contributed by atoms with van der Waals surface area (Å²) in [6, 6.07) is -0.352. The van der Waals surface area contributed by atoms with Gasteiger partial charge >= 0.3 is 0 Å². The zero-order valence-corrected chi connectivity index (χ0v) is 14.4. The van der Waals surface area contributed by atoms with Crippen molar-refractivity contribution >= 4 is 28.5 Å². The molecule has 1 fully saturated rings. The molecule has 1 aliphatic rings. The van der Waals surface area contributed by atoms with E-state index >= 15 is 0 Å². The van der Waals surface area contributed by atoms with Gasteiger partial charge in [0.2, 0.25) is 0 Å². The molecule has 1 N–H and O–H groups in total. The average molecular weight is 344 g/mol. The van der Waals surface area contributed by atoms with Crippen molar-refractivity contribution in [1.82, 2.24) is 19.5 Å². The SMILES string of the molecule is CC(=O)C[C@@H]1C[C@@H](n2cnc3c(=O)[nH]cnc32)[C@H](C(C)=O)[C@@H]1C(C)=O. The summed E-state index contributed by atoms with van der Waals surface area (Å²) in [6.07, 6.45) is 3.52. The first-order valence-corrected chi connectivity index (χ1v) is 8.21. The Morgan fingerprint density at radius 2 is 1.84 bits per heavy atom. The largest absolute Gasteiger partial charge is 0.311 e. The molecule has 0 radical (unpaired) electrons. The molecule has 1 aliphatic carbocycles. The van der Waals surface area contributed by atoms with Gasteiger partial charge in [-0.1, -0.05) is 0 Å². The average Bonchev–Trinajstić information content (AvgIpc) is 3.08. The highest BCUT2D eigenvalue weighted by Crippen LogP contribution is 2.47. The molecule has 0 spiro atoms. The zero-order chi connectivity index (χ0) is 18.3. The predicted molar refractivity (Wildman–Crippen MR) is 88.9 cm³/mol. The van der Waals surface area contributed by atoms with E-state index in [0.717, 1.165) is 0 Å². The van der Waals surface area contributed by atoms with E-state index < -0.39 is 11.8 Å². The second kappa shape index (κ2) is 6.34. The maximum Gasteiger partial charge on any atom is 0.278 e. The lowest BCUT2D eigenvalue weighted by Crippen LogP contribution is -2.31. The predicted octanol–water partition coefficient (Wildman–Crippen LogP) is 1.07. The van der Waals surface area contributed by atoms with Gasteiger partial charge in [-0.05, 0) is 33.1 Å². The van der Waals surface area contributed by atoms with Gasteiger partial charge in [-0.25, -0.2) is 9.97 Å². The van der Waals surface area contributed by atoms with Crippen molar-refractivity contribution in [2.75, 3.05) is 0 Å². The minimum absolute atomic E-state index is 0.00994. The lowest BCUT2D eigenvalue weighted by molar-refractivity contribution is -0.131. The molecule has 132 valence electrons. The van der Waals surface area contributed by atoms with Crippen LogP contribution in [-0.4, -0.2) is 36.9 Å². The third-order valence-electron chi connectivity index (χ3n) is 5.06. The Bertz CT molecular complexity index is 913. The summed E-state index contributed by atoms with van der Waals surface area (Å²) < 4.78 is 1.70. The highest BCUT2D eigenvalue weighted by atomic mass is 16.1. The van der Waals surface area contributed by atoms with Gasteiger partial charge in [0.25, 0.3) is 5.56 Å². The van der Waals surface area contributed by atoms with Crippen LogP contribution < -0.4 is 5.56 Å². The van der Waals surface area contributed by atoms with Crippen LogP contribution in [0.1, 0.15) is 39.7 Å². The number of H-pyrrole nitrogens is 1. The number of carbonyl (C=O) groups is 3. The molecular weight excluding hydrogens is 324 g/mol. The van der Waals surface area contributed by atoms with Gasteiger partial charge in [0.1, 0.15) is 17.3 Å². The minimum Gasteiger partial charge on any atom is -0.311 e. The van der Waals surface area contributed by atoms with E-state index in [2.05, 4.69) is 15.0 Å². The molecule has 0 aromatic carbocycles. The summed E-state index contributed by atoms with van der Waals surface area (Å²) in [6.45, 7) is 4.41. The third kappa shape index (κ3) is 2.92. The first kappa shape index (κ1) is 17.2.